The highest BCUT2D eigenvalue weighted by Crippen LogP contribution is 2.23. The number of nitrogens with zero attached hydrogens (tertiary/aromatic N) is 4. The second-order valence-electron chi connectivity index (χ2n) is 4.50. The third kappa shape index (κ3) is 1.33. The van der Waals surface area contributed by atoms with E-state index in [1.807, 2.05) is 12.3 Å². The fraction of sp³-hybridized carbons (Fsp3) is 0.417. The van der Waals surface area contributed by atoms with Gasteiger partial charge in [0.2, 0.25) is 0 Å². The Morgan fingerprint density at radius 1 is 1.31 bits per heavy atom. The van der Waals surface area contributed by atoms with Crippen LogP contribution in [0.4, 0.5) is 0 Å². The van der Waals surface area contributed by atoms with Gasteiger partial charge >= 0.3 is 0 Å². The summed E-state index contributed by atoms with van der Waals surface area (Å²) in [6.07, 6.45) is 2.64. The van der Waals surface area contributed by atoms with Crippen molar-refractivity contribution in [1.29, 1.82) is 0 Å². The molecule has 0 fully saturated rings. The van der Waals surface area contributed by atoms with E-state index in [9.17, 15) is 0 Å². The second-order valence-corrected chi connectivity index (χ2v) is 4.50. The number of hydrogen-bond acceptors (Lipinski definition) is 3. The molecule has 1 aliphatic heterocycles. The van der Waals surface area contributed by atoms with Crippen LogP contribution in [-0.2, 0) is 13.0 Å². The summed E-state index contributed by atoms with van der Waals surface area (Å²) in [5.41, 5.74) is 2.43. The van der Waals surface area contributed by atoms with Crippen LogP contribution in [0.2, 0.25) is 0 Å². The van der Waals surface area contributed by atoms with Crippen molar-refractivity contribution < 1.29 is 0 Å². The Morgan fingerprint density at radius 3 is 3.00 bits per heavy atom. The van der Waals surface area contributed by atoms with Crippen LogP contribution in [0.3, 0.4) is 0 Å². The van der Waals surface area contributed by atoms with Crippen molar-refractivity contribution in [3.05, 3.63) is 41.2 Å². The minimum atomic E-state index is 0.416. The molecule has 0 bridgehead atoms. The monoisotopic (exact) mass is 214 g/mol. The van der Waals surface area contributed by atoms with Crippen molar-refractivity contribution in [3.63, 3.8) is 0 Å². The van der Waals surface area contributed by atoms with Crippen LogP contribution in [0.15, 0.2) is 18.3 Å². The van der Waals surface area contributed by atoms with Gasteiger partial charge in [-0.25, -0.2) is 0 Å². The molecule has 0 saturated heterocycles. The summed E-state index contributed by atoms with van der Waals surface area (Å²) < 4.78 is 2.22. The molecule has 0 aliphatic carbocycles. The van der Waals surface area contributed by atoms with Gasteiger partial charge in [-0.1, -0.05) is 19.9 Å². The van der Waals surface area contributed by atoms with Crippen LogP contribution in [0.5, 0.6) is 0 Å². The molecule has 3 heterocycles. The molecule has 4 heteroatoms. The molecule has 2 aromatic heterocycles. The molecule has 82 valence electrons. The zero-order chi connectivity index (χ0) is 11.1. The molecular weight excluding hydrogens is 200 g/mol. The van der Waals surface area contributed by atoms with E-state index in [4.69, 9.17) is 0 Å². The normalized spacial score (nSPS) is 13.7. The Morgan fingerprint density at radius 2 is 2.19 bits per heavy atom. The molecule has 0 atom stereocenters. The molecule has 4 nitrogen and oxygen atoms in total. The Balaban J connectivity index is 2.07. The minimum absolute atomic E-state index is 0.416. The highest BCUT2D eigenvalue weighted by molar-refractivity contribution is 5.28. The van der Waals surface area contributed by atoms with Gasteiger partial charge in [0.05, 0.1) is 18.7 Å². The fourth-order valence-electron chi connectivity index (χ4n) is 2.17. The quantitative estimate of drug-likeness (QED) is 0.620. The molecule has 0 N–H and O–H groups in total. The van der Waals surface area contributed by atoms with Crippen LogP contribution in [-0.4, -0.2) is 19.7 Å². The zero-order valence-corrected chi connectivity index (χ0v) is 9.51. The standard InChI is InChI=1S/C12H14N4/c1-8(2)12-15-14-11-6-10-9(7-16(11)12)4-3-5-13-10/h3-5,8H,6-7H2,1-2H3. The topological polar surface area (TPSA) is 43.6 Å². The Bertz CT molecular complexity index is 528. The van der Waals surface area contributed by atoms with E-state index in [1.165, 1.54) is 5.56 Å². The van der Waals surface area contributed by atoms with E-state index in [2.05, 4.69) is 39.7 Å². The first-order chi connectivity index (χ1) is 7.75. The molecule has 3 rings (SSSR count). The Labute approximate surface area is 94.4 Å². The minimum Gasteiger partial charge on any atom is -0.310 e. The highest BCUT2D eigenvalue weighted by atomic mass is 15.3. The van der Waals surface area contributed by atoms with Crippen LogP contribution in [0.1, 0.15) is 42.7 Å². The van der Waals surface area contributed by atoms with Crippen LogP contribution in [0.25, 0.3) is 0 Å². The van der Waals surface area contributed by atoms with E-state index in [0.717, 1.165) is 30.3 Å². The van der Waals surface area contributed by atoms with Gasteiger partial charge in [0, 0.05) is 12.1 Å². The van der Waals surface area contributed by atoms with Crippen LogP contribution < -0.4 is 0 Å². The van der Waals surface area contributed by atoms with E-state index >= 15 is 0 Å². The van der Waals surface area contributed by atoms with Crippen molar-refractivity contribution in [2.45, 2.75) is 32.7 Å². The molecule has 16 heavy (non-hydrogen) atoms. The summed E-state index contributed by atoms with van der Waals surface area (Å²) in [4.78, 5) is 4.39. The molecule has 2 aromatic rings. The summed E-state index contributed by atoms with van der Waals surface area (Å²) >= 11 is 0. The van der Waals surface area contributed by atoms with Crippen molar-refractivity contribution in [3.8, 4) is 0 Å². The first-order valence-corrected chi connectivity index (χ1v) is 5.60. The molecule has 0 unspecified atom stereocenters. The SMILES string of the molecule is CC(C)c1nnc2n1Cc1cccnc1C2. The molecule has 0 amide bonds. The predicted molar refractivity (Wildman–Crippen MR) is 60.3 cm³/mol. The first-order valence-electron chi connectivity index (χ1n) is 5.60. The first kappa shape index (κ1) is 9.51. The van der Waals surface area contributed by atoms with Gasteiger partial charge in [0.25, 0.3) is 0 Å². The van der Waals surface area contributed by atoms with Gasteiger partial charge in [-0.3, -0.25) is 4.98 Å². The van der Waals surface area contributed by atoms with E-state index in [-0.39, 0.29) is 0 Å². The van der Waals surface area contributed by atoms with Gasteiger partial charge in [0.1, 0.15) is 11.6 Å². The Hall–Kier alpha value is -1.71. The lowest BCUT2D eigenvalue weighted by molar-refractivity contribution is 0.624. The van der Waals surface area contributed by atoms with Crippen LogP contribution in [0, 0.1) is 0 Å². The van der Waals surface area contributed by atoms with Gasteiger partial charge in [-0.15, -0.1) is 10.2 Å². The number of aromatic nitrogens is 4. The van der Waals surface area contributed by atoms with E-state index in [0.29, 0.717) is 5.92 Å². The fourth-order valence-corrected chi connectivity index (χ4v) is 2.17. The van der Waals surface area contributed by atoms with Crippen molar-refractivity contribution in [2.75, 3.05) is 0 Å². The molecule has 0 saturated carbocycles. The molecule has 0 radical (unpaired) electrons. The van der Waals surface area contributed by atoms with Crippen molar-refractivity contribution in [1.82, 2.24) is 19.7 Å². The maximum atomic E-state index is 4.39. The summed E-state index contributed by atoms with van der Waals surface area (Å²) in [5.74, 6) is 2.53. The lowest BCUT2D eigenvalue weighted by Gasteiger charge is -2.18. The second kappa shape index (κ2) is 3.40. The third-order valence-corrected chi connectivity index (χ3v) is 3.01. The molecule has 0 aromatic carbocycles. The summed E-state index contributed by atoms with van der Waals surface area (Å²) in [7, 11) is 0. The van der Waals surface area contributed by atoms with Gasteiger partial charge in [0.15, 0.2) is 0 Å². The largest absolute Gasteiger partial charge is 0.310 e. The van der Waals surface area contributed by atoms with Crippen molar-refractivity contribution in [2.24, 2.45) is 0 Å². The van der Waals surface area contributed by atoms with Gasteiger partial charge < -0.3 is 4.57 Å². The summed E-state index contributed by atoms with van der Waals surface area (Å²) in [6, 6.07) is 4.12. The number of pyridine rings is 1. The van der Waals surface area contributed by atoms with Gasteiger partial charge in [-0.05, 0) is 11.6 Å². The number of fused-ring (bicyclic) bond motifs is 2. The maximum Gasteiger partial charge on any atom is 0.139 e. The lowest BCUT2D eigenvalue weighted by atomic mass is 10.1. The highest BCUT2D eigenvalue weighted by Gasteiger charge is 2.21. The Kier molecular flexibility index (Phi) is 2.02. The third-order valence-electron chi connectivity index (χ3n) is 3.01. The van der Waals surface area contributed by atoms with Crippen molar-refractivity contribution >= 4 is 0 Å². The summed E-state index contributed by atoms with van der Waals surface area (Å²) in [5, 5.41) is 8.52. The van der Waals surface area contributed by atoms with E-state index in [1.54, 1.807) is 0 Å². The van der Waals surface area contributed by atoms with Gasteiger partial charge in [-0.2, -0.15) is 0 Å². The summed E-state index contributed by atoms with van der Waals surface area (Å²) in [6.45, 7) is 5.16. The smallest absolute Gasteiger partial charge is 0.139 e. The number of hydrogen-bond donors (Lipinski definition) is 0. The molecule has 0 spiro atoms. The van der Waals surface area contributed by atoms with Crippen LogP contribution >= 0.6 is 0 Å². The van der Waals surface area contributed by atoms with E-state index < -0.39 is 0 Å². The lowest BCUT2D eigenvalue weighted by Crippen LogP contribution is -2.17. The predicted octanol–water partition coefficient (Wildman–Crippen LogP) is 1.75. The molecule has 1 aliphatic rings. The zero-order valence-electron chi connectivity index (χ0n) is 9.51. The molecular formula is C12H14N4. The maximum absolute atomic E-state index is 4.39. The average molecular weight is 214 g/mol. The number of rotatable bonds is 1. The average Bonchev–Trinajstić information content (AvgIpc) is 2.68.